The van der Waals surface area contributed by atoms with Gasteiger partial charge in [0.05, 0.1) is 6.61 Å². The van der Waals surface area contributed by atoms with Crippen molar-refractivity contribution in [2.45, 2.75) is 57.5 Å². The summed E-state index contributed by atoms with van der Waals surface area (Å²) in [6.07, 6.45) is 5.20. The molecule has 2 aliphatic rings. The second kappa shape index (κ2) is 6.37. The number of hydrogen-bond donors (Lipinski definition) is 1. The molecule has 0 amide bonds. The van der Waals surface area contributed by atoms with E-state index in [2.05, 4.69) is 36.9 Å². The molecule has 3 nitrogen and oxygen atoms in total. The molecule has 1 aromatic rings. The zero-order chi connectivity index (χ0) is 14.8. The average molecular weight is 289 g/mol. The monoisotopic (exact) mass is 289 g/mol. The molecule has 1 saturated carbocycles. The van der Waals surface area contributed by atoms with Crippen LogP contribution < -0.4 is 4.74 Å². The van der Waals surface area contributed by atoms with Crippen molar-refractivity contribution in [2.24, 2.45) is 0 Å². The van der Waals surface area contributed by atoms with Crippen LogP contribution >= 0.6 is 0 Å². The van der Waals surface area contributed by atoms with Gasteiger partial charge in [0.15, 0.2) is 0 Å². The molecule has 1 aliphatic carbocycles. The summed E-state index contributed by atoms with van der Waals surface area (Å²) >= 11 is 0. The normalized spacial score (nSPS) is 23.0. The van der Waals surface area contributed by atoms with Gasteiger partial charge >= 0.3 is 0 Å². The maximum atomic E-state index is 8.94. The molecule has 1 unspecified atom stereocenters. The highest BCUT2D eigenvalue weighted by Gasteiger charge is 2.34. The fraction of sp³-hybridized carbons (Fsp3) is 0.667. The number of nitrogens with zero attached hydrogens (tertiary/aromatic N) is 1. The molecular formula is C18H27NO2. The number of ether oxygens (including phenoxy) is 1. The van der Waals surface area contributed by atoms with Crippen molar-refractivity contribution >= 4 is 0 Å². The summed E-state index contributed by atoms with van der Waals surface area (Å²) < 4.78 is 5.64. The standard InChI is InChI=1S/C18H27NO2/c1-13(2)19-9-3-4-18(19)17-12-15(21-11-10-20)7-8-16(17)14-5-6-14/h7-8,12-14,18,20H,3-6,9-11H2,1-2H3. The summed E-state index contributed by atoms with van der Waals surface area (Å²) in [7, 11) is 0. The summed E-state index contributed by atoms with van der Waals surface area (Å²) in [5.74, 6) is 1.67. The Morgan fingerprint density at radius 2 is 2.05 bits per heavy atom. The van der Waals surface area contributed by atoms with Crippen LogP contribution in [0.25, 0.3) is 0 Å². The highest BCUT2D eigenvalue weighted by atomic mass is 16.5. The van der Waals surface area contributed by atoms with Crippen LogP contribution in [0.2, 0.25) is 0 Å². The average Bonchev–Trinajstić information content (AvgIpc) is 3.20. The molecule has 3 heteroatoms. The molecular weight excluding hydrogens is 262 g/mol. The molecule has 0 aromatic heterocycles. The lowest BCUT2D eigenvalue weighted by Crippen LogP contribution is -2.30. The van der Waals surface area contributed by atoms with Crippen LogP contribution in [0.4, 0.5) is 0 Å². The molecule has 0 spiro atoms. The van der Waals surface area contributed by atoms with Crippen LogP contribution in [0.1, 0.15) is 62.6 Å². The minimum absolute atomic E-state index is 0.0707. The van der Waals surface area contributed by atoms with Crippen molar-refractivity contribution in [3.63, 3.8) is 0 Å². The third-order valence-corrected chi connectivity index (χ3v) is 4.75. The fourth-order valence-corrected chi connectivity index (χ4v) is 3.60. The van der Waals surface area contributed by atoms with Crippen molar-refractivity contribution in [3.8, 4) is 5.75 Å². The lowest BCUT2D eigenvalue weighted by atomic mass is 9.94. The predicted molar refractivity (Wildman–Crippen MR) is 84.8 cm³/mol. The summed E-state index contributed by atoms with van der Waals surface area (Å²) in [5.41, 5.74) is 3.00. The highest BCUT2D eigenvalue weighted by Crippen LogP contribution is 2.46. The number of likely N-dealkylation sites (tertiary alicyclic amines) is 1. The van der Waals surface area contributed by atoms with E-state index in [-0.39, 0.29) is 6.61 Å². The summed E-state index contributed by atoms with van der Waals surface area (Å²) in [6, 6.07) is 7.69. The predicted octanol–water partition coefficient (Wildman–Crippen LogP) is 3.48. The van der Waals surface area contributed by atoms with Gasteiger partial charge < -0.3 is 9.84 Å². The SMILES string of the molecule is CC(C)N1CCCC1c1cc(OCCO)ccc1C1CC1. The smallest absolute Gasteiger partial charge is 0.119 e. The van der Waals surface area contributed by atoms with E-state index in [1.54, 1.807) is 0 Å². The van der Waals surface area contributed by atoms with Crippen LogP contribution in [-0.4, -0.2) is 35.8 Å². The van der Waals surface area contributed by atoms with Crippen molar-refractivity contribution < 1.29 is 9.84 Å². The van der Waals surface area contributed by atoms with E-state index in [0.29, 0.717) is 18.7 Å². The first-order valence-electron chi connectivity index (χ1n) is 8.34. The number of aliphatic hydroxyl groups is 1. The molecule has 1 atom stereocenters. The van der Waals surface area contributed by atoms with E-state index < -0.39 is 0 Å². The topological polar surface area (TPSA) is 32.7 Å². The van der Waals surface area contributed by atoms with Crippen LogP contribution in [0.5, 0.6) is 5.75 Å². The van der Waals surface area contributed by atoms with Crippen LogP contribution in [0.3, 0.4) is 0 Å². The first-order chi connectivity index (χ1) is 10.2. The van der Waals surface area contributed by atoms with Gasteiger partial charge in [0.1, 0.15) is 12.4 Å². The van der Waals surface area contributed by atoms with E-state index in [1.807, 2.05) is 0 Å². The van der Waals surface area contributed by atoms with Gasteiger partial charge in [-0.25, -0.2) is 0 Å². The summed E-state index contributed by atoms with van der Waals surface area (Å²) in [5, 5.41) is 8.94. The maximum Gasteiger partial charge on any atom is 0.119 e. The van der Waals surface area contributed by atoms with Crippen molar-refractivity contribution in [1.82, 2.24) is 4.90 Å². The Bertz CT molecular complexity index is 482. The van der Waals surface area contributed by atoms with Gasteiger partial charge in [-0.15, -0.1) is 0 Å². The van der Waals surface area contributed by atoms with Gasteiger partial charge in [-0.3, -0.25) is 4.90 Å². The quantitative estimate of drug-likeness (QED) is 0.870. The maximum absolute atomic E-state index is 8.94. The molecule has 3 rings (SSSR count). The number of aliphatic hydroxyl groups excluding tert-OH is 1. The minimum atomic E-state index is 0.0707. The van der Waals surface area contributed by atoms with Gasteiger partial charge in [-0.05, 0) is 75.3 Å². The molecule has 2 fully saturated rings. The van der Waals surface area contributed by atoms with Crippen LogP contribution in [0.15, 0.2) is 18.2 Å². The molecule has 0 radical (unpaired) electrons. The van der Waals surface area contributed by atoms with E-state index >= 15 is 0 Å². The Kier molecular flexibility index (Phi) is 4.51. The van der Waals surface area contributed by atoms with Crippen molar-refractivity contribution in [2.75, 3.05) is 19.8 Å². The van der Waals surface area contributed by atoms with Crippen molar-refractivity contribution in [3.05, 3.63) is 29.3 Å². The molecule has 1 saturated heterocycles. The van der Waals surface area contributed by atoms with Gasteiger partial charge in [0, 0.05) is 12.1 Å². The fourth-order valence-electron chi connectivity index (χ4n) is 3.60. The summed E-state index contributed by atoms with van der Waals surface area (Å²) in [6.45, 7) is 6.23. The van der Waals surface area contributed by atoms with E-state index in [1.165, 1.54) is 43.4 Å². The molecule has 1 heterocycles. The Balaban J connectivity index is 1.89. The minimum Gasteiger partial charge on any atom is -0.491 e. The van der Waals surface area contributed by atoms with Gasteiger partial charge in [0.2, 0.25) is 0 Å². The molecule has 0 bridgehead atoms. The van der Waals surface area contributed by atoms with E-state index in [0.717, 1.165) is 11.7 Å². The highest BCUT2D eigenvalue weighted by molar-refractivity contribution is 5.42. The molecule has 21 heavy (non-hydrogen) atoms. The molecule has 1 aromatic carbocycles. The van der Waals surface area contributed by atoms with Crippen LogP contribution in [0, 0.1) is 0 Å². The lowest BCUT2D eigenvalue weighted by Gasteiger charge is -2.30. The molecule has 1 aliphatic heterocycles. The third-order valence-electron chi connectivity index (χ3n) is 4.75. The zero-order valence-corrected chi connectivity index (χ0v) is 13.2. The van der Waals surface area contributed by atoms with E-state index in [9.17, 15) is 0 Å². The van der Waals surface area contributed by atoms with Crippen LogP contribution in [-0.2, 0) is 0 Å². The second-order valence-electron chi connectivity index (χ2n) is 6.63. The number of rotatable bonds is 6. The lowest BCUT2D eigenvalue weighted by molar-refractivity contribution is 0.197. The van der Waals surface area contributed by atoms with Crippen molar-refractivity contribution in [1.29, 1.82) is 0 Å². The van der Waals surface area contributed by atoms with Gasteiger partial charge in [-0.1, -0.05) is 6.07 Å². The summed E-state index contributed by atoms with van der Waals surface area (Å²) in [4.78, 5) is 2.62. The number of hydrogen-bond acceptors (Lipinski definition) is 3. The number of benzene rings is 1. The second-order valence-corrected chi connectivity index (χ2v) is 6.63. The Morgan fingerprint density at radius 3 is 2.71 bits per heavy atom. The molecule has 116 valence electrons. The first kappa shape index (κ1) is 14.9. The van der Waals surface area contributed by atoms with E-state index in [4.69, 9.17) is 9.84 Å². The Morgan fingerprint density at radius 1 is 1.24 bits per heavy atom. The largest absolute Gasteiger partial charge is 0.491 e. The Hall–Kier alpha value is -1.06. The first-order valence-corrected chi connectivity index (χ1v) is 8.34. The Labute approximate surface area is 127 Å². The van der Waals surface area contributed by atoms with Gasteiger partial charge in [0.25, 0.3) is 0 Å². The van der Waals surface area contributed by atoms with Gasteiger partial charge in [-0.2, -0.15) is 0 Å². The zero-order valence-electron chi connectivity index (χ0n) is 13.2. The third kappa shape index (κ3) is 3.24. The molecule has 1 N–H and O–H groups in total.